The molecular formula is C34H26N4O2. The van der Waals surface area contributed by atoms with Crippen LogP contribution in [0.2, 0.25) is 0 Å². The predicted octanol–water partition coefficient (Wildman–Crippen LogP) is 7.22. The molecule has 0 bridgehead atoms. The minimum absolute atomic E-state index is 0.109. The lowest BCUT2D eigenvalue weighted by atomic mass is 9.98. The Morgan fingerprint density at radius 2 is 1.32 bits per heavy atom. The number of nitriles is 1. The first kappa shape index (κ1) is 26.2. The molecule has 3 aromatic carbocycles. The summed E-state index contributed by atoms with van der Waals surface area (Å²) < 4.78 is 0. The number of rotatable bonds is 10. The second kappa shape index (κ2) is 11.9. The number of benzene rings is 3. The van der Waals surface area contributed by atoms with Gasteiger partial charge in [-0.2, -0.15) is 5.26 Å². The summed E-state index contributed by atoms with van der Waals surface area (Å²) in [6.45, 7) is 7.53. The fourth-order valence-electron chi connectivity index (χ4n) is 4.80. The summed E-state index contributed by atoms with van der Waals surface area (Å²) >= 11 is 0. The highest BCUT2D eigenvalue weighted by molar-refractivity contribution is 6.05. The molecule has 0 fully saturated rings. The Morgan fingerprint density at radius 3 is 1.90 bits per heavy atom. The summed E-state index contributed by atoms with van der Waals surface area (Å²) in [5.74, 6) is -0.417. The molecule has 194 valence electrons. The highest BCUT2D eigenvalue weighted by Crippen LogP contribution is 2.23. The summed E-state index contributed by atoms with van der Waals surface area (Å²) in [6.07, 6.45) is 8.29. The number of fused-ring (bicyclic) bond motifs is 2. The van der Waals surface area contributed by atoms with Crippen molar-refractivity contribution in [1.29, 1.82) is 5.26 Å². The summed E-state index contributed by atoms with van der Waals surface area (Å²) in [5.41, 5.74) is 5.69. The molecule has 2 heterocycles. The molecule has 5 rings (SSSR count). The van der Waals surface area contributed by atoms with E-state index in [4.69, 9.17) is 6.57 Å². The lowest BCUT2D eigenvalue weighted by molar-refractivity contribution is -0.115. The molecule has 5 aromatic rings. The van der Waals surface area contributed by atoms with Crippen LogP contribution in [0.1, 0.15) is 35.1 Å². The molecule has 0 spiro atoms. The van der Waals surface area contributed by atoms with Crippen molar-refractivity contribution in [2.75, 3.05) is 0 Å². The van der Waals surface area contributed by atoms with Crippen LogP contribution in [0.4, 0.5) is 0 Å². The van der Waals surface area contributed by atoms with Crippen molar-refractivity contribution in [2.24, 2.45) is 0 Å². The van der Waals surface area contributed by atoms with Crippen molar-refractivity contribution in [2.45, 2.75) is 25.7 Å². The standard InChI is InChI=1S/C34H26N4O2/c1-36-32(19-27-22-38-31-12-5-3-10-29(27)31)34(40)16-14-24-8-6-7-23(17-24)13-15-33(39)25(20-35)18-26-21-37-30-11-4-2-9-28(26)30/h2-12,17-19,21-22,37-38H,13-16H2/b25-18+,32-19-. The van der Waals surface area contributed by atoms with E-state index in [2.05, 4.69) is 20.9 Å². The highest BCUT2D eigenvalue weighted by Gasteiger charge is 2.14. The summed E-state index contributed by atoms with van der Waals surface area (Å²) in [5, 5.41) is 11.5. The quantitative estimate of drug-likeness (QED) is 0.115. The molecule has 0 aliphatic heterocycles. The van der Waals surface area contributed by atoms with E-state index < -0.39 is 0 Å². The van der Waals surface area contributed by atoms with E-state index >= 15 is 0 Å². The van der Waals surface area contributed by atoms with Crippen molar-refractivity contribution in [3.05, 3.63) is 130 Å². The van der Waals surface area contributed by atoms with E-state index in [-0.39, 0.29) is 35.7 Å². The van der Waals surface area contributed by atoms with Gasteiger partial charge in [0.05, 0.1) is 12.1 Å². The fraction of sp³-hybridized carbons (Fsp3) is 0.118. The molecule has 0 radical (unpaired) electrons. The van der Waals surface area contributed by atoms with Gasteiger partial charge in [0, 0.05) is 52.6 Å². The number of nitrogens with zero attached hydrogens (tertiary/aromatic N) is 2. The van der Waals surface area contributed by atoms with Crippen LogP contribution in [-0.2, 0) is 22.4 Å². The van der Waals surface area contributed by atoms with Crippen LogP contribution < -0.4 is 0 Å². The average Bonchev–Trinajstić information content (AvgIpc) is 3.60. The van der Waals surface area contributed by atoms with E-state index in [1.54, 1.807) is 24.5 Å². The van der Waals surface area contributed by atoms with Crippen LogP contribution in [0.5, 0.6) is 0 Å². The van der Waals surface area contributed by atoms with Gasteiger partial charge >= 0.3 is 0 Å². The van der Waals surface area contributed by atoms with Gasteiger partial charge in [-0.15, -0.1) is 0 Å². The van der Waals surface area contributed by atoms with Gasteiger partial charge < -0.3 is 14.8 Å². The zero-order valence-corrected chi connectivity index (χ0v) is 21.8. The number of allylic oxidation sites excluding steroid dienone is 2. The molecule has 0 aliphatic rings. The molecule has 40 heavy (non-hydrogen) atoms. The number of ketones is 2. The van der Waals surface area contributed by atoms with Crippen LogP contribution in [0.25, 0.3) is 38.8 Å². The Balaban J connectivity index is 1.21. The molecule has 0 amide bonds. The molecule has 0 saturated heterocycles. The van der Waals surface area contributed by atoms with Gasteiger partial charge in [-0.3, -0.25) is 4.79 Å². The highest BCUT2D eigenvalue weighted by atomic mass is 16.1. The van der Waals surface area contributed by atoms with E-state index in [1.165, 1.54) is 0 Å². The van der Waals surface area contributed by atoms with Gasteiger partial charge in [-0.25, -0.2) is 4.85 Å². The van der Waals surface area contributed by atoms with E-state index in [9.17, 15) is 14.9 Å². The number of H-pyrrole nitrogens is 2. The summed E-state index contributed by atoms with van der Waals surface area (Å²) in [7, 11) is 0. The Kier molecular flexibility index (Phi) is 7.81. The number of nitrogens with one attached hydrogen (secondary N) is 2. The van der Waals surface area contributed by atoms with Crippen molar-refractivity contribution in [3.63, 3.8) is 0 Å². The first-order chi connectivity index (χ1) is 19.6. The molecule has 2 N–H and O–H groups in total. The molecule has 2 aromatic heterocycles. The second-order valence-electron chi connectivity index (χ2n) is 9.56. The number of carbonyl (C=O) groups is 2. The zero-order chi connectivity index (χ0) is 27.9. The van der Waals surface area contributed by atoms with Gasteiger partial charge in [0.1, 0.15) is 6.07 Å². The van der Waals surface area contributed by atoms with Crippen LogP contribution >= 0.6 is 0 Å². The maximum absolute atomic E-state index is 12.9. The molecule has 0 unspecified atom stereocenters. The number of hydrogen-bond acceptors (Lipinski definition) is 3. The van der Waals surface area contributed by atoms with Crippen molar-refractivity contribution in [3.8, 4) is 6.07 Å². The third-order valence-electron chi connectivity index (χ3n) is 6.93. The first-order valence-corrected chi connectivity index (χ1v) is 13.0. The summed E-state index contributed by atoms with van der Waals surface area (Å²) in [4.78, 5) is 35.5. The number of aromatic amines is 2. The Hall–Kier alpha value is -5.46. The minimum atomic E-state index is -0.211. The summed E-state index contributed by atoms with van der Waals surface area (Å²) in [6, 6.07) is 25.3. The molecule has 6 nitrogen and oxygen atoms in total. The number of Topliss-reactive ketones (excluding diaryl/α,β-unsaturated/α-hetero) is 2. The minimum Gasteiger partial charge on any atom is -0.361 e. The molecule has 0 saturated carbocycles. The van der Waals surface area contributed by atoms with Crippen LogP contribution in [-0.4, -0.2) is 21.5 Å². The number of carbonyl (C=O) groups excluding carboxylic acids is 2. The third-order valence-corrected chi connectivity index (χ3v) is 6.93. The van der Waals surface area contributed by atoms with Crippen molar-refractivity contribution >= 4 is 45.5 Å². The maximum Gasteiger partial charge on any atom is 0.229 e. The van der Waals surface area contributed by atoms with Crippen molar-refractivity contribution in [1.82, 2.24) is 9.97 Å². The van der Waals surface area contributed by atoms with Crippen LogP contribution in [0.15, 0.2) is 96.5 Å². The lowest BCUT2D eigenvalue weighted by Crippen LogP contribution is -2.04. The topological polar surface area (TPSA) is 93.9 Å². The van der Waals surface area contributed by atoms with Crippen molar-refractivity contribution < 1.29 is 9.59 Å². The monoisotopic (exact) mass is 522 g/mol. The van der Waals surface area contributed by atoms with E-state index in [0.717, 1.165) is 44.1 Å². The van der Waals surface area contributed by atoms with Crippen LogP contribution in [0.3, 0.4) is 0 Å². The second-order valence-corrected chi connectivity index (χ2v) is 9.56. The Bertz CT molecular complexity index is 1740. The van der Waals surface area contributed by atoms with E-state index in [0.29, 0.717) is 12.8 Å². The first-order valence-electron chi connectivity index (χ1n) is 13.0. The Labute approximate surface area is 232 Å². The fourth-order valence-corrected chi connectivity index (χ4v) is 4.80. The number of hydrogen-bond donors (Lipinski definition) is 2. The van der Waals surface area contributed by atoms with E-state index in [1.807, 2.05) is 72.8 Å². The van der Waals surface area contributed by atoms with Crippen LogP contribution in [0, 0.1) is 17.9 Å². The predicted molar refractivity (Wildman–Crippen MR) is 158 cm³/mol. The lowest BCUT2D eigenvalue weighted by Gasteiger charge is -2.06. The molecule has 6 heteroatoms. The SMILES string of the molecule is [C-]#[N+]/C(=C\c1c[nH]c2ccccc12)C(=O)CCc1cccc(CCC(=O)/C(C#N)=C/c2c[nH]c3ccccc23)c1. The van der Waals surface area contributed by atoms with Gasteiger partial charge in [0.2, 0.25) is 5.70 Å². The normalized spacial score (nSPS) is 11.8. The largest absolute Gasteiger partial charge is 0.361 e. The average molecular weight is 523 g/mol. The Morgan fingerprint density at radius 1 is 0.775 bits per heavy atom. The molecule has 0 aliphatic carbocycles. The van der Waals surface area contributed by atoms with Gasteiger partial charge in [0.15, 0.2) is 11.6 Å². The third kappa shape index (κ3) is 5.83. The van der Waals surface area contributed by atoms with Gasteiger partial charge in [-0.1, -0.05) is 60.7 Å². The van der Waals surface area contributed by atoms with Gasteiger partial charge in [0.25, 0.3) is 0 Å². The number of aromatic nitrogens is 2. The number of para-hydroxylation sites is 2. The zero-order valence-electron chi connectivity index (χ0n) is 21.8. The maximum atomic E-state index is 12.9. The number of aryl methyl sites for hydroxylation is 2. The smallest absolute Gasteiger partial charge is 0.229 e. The van der Waals surface area contributed by atoms with Gasteiger partial charge in [-0.05, 0) is 53.8 Å². The molecule has 0 atom stereocenters. The molecular weight excluding hydrogens is 496 g/mol.